The Balaban J connectivity index is 1.49. The molecule has 6 nitrogen and oxygen atoms in total. The van der Waals surface area contributed by atoms with Crippen LogP contribution in [0, 0.1) is 0 Å². The number of piperazine rings is 1. The number of amides is 2. The van der Waals surface area contributed by atoms with E-state index in [-0.39, 0.29) is 6.03 Å². The van der Waals surface area contributed by atoms with E-state index in [9.17, 15) is 4.79 Å². The van der Waals surface area contributed by atoms with E-state index in [4.69, 9.17) is 4.74 Å². The summed E-state index contributed by atoms with van der Waals surface area (Å²) >= 11 is 3.38. The van der Waals surface area contributed by atoms with Gasteiger partial charge in [-0.2, -0.15) is 0 Å². The molecule has 1 aromatic heterocycles. The largest absolute Gasteiger partial charge is 0.381 e. The fraction of sp³-hybridized carbons (Fsp3) is 0.600. The van der Waals surface area contributed by atoms with Crippen LogP contribution in [0.5, 0.6) is 0 Å². The third kappa shape index (κ3) is 3.97. The van der Waals surface area contributed by atoms with E-state index in [1.54, 1.807) is 12.3 Å². The molecular weight excluding hydrogens is 348 g/mol. The lowest BCUT2D eigenvalue weighted by Gasteiger charge is -2.40. The number of hydrogen-bond donors (Lipinski definition) is 1. The quantitative estimate of drug-likeness (QED) is 0.868. The predicted molar refractivity (Wildman–Crippen MR) is 87.9 cm³/mol. The molecule has 3 heterocycles. The monoisotopic (exact) mass is 368 g/mol. The fourth-order valence-corrected chi connectivity index (χ4v) is 3.34. The zero-order valence-electron chi connectivity index (χ0n) is 12.5. The molecule has 1 N–H and O–H groups in total. The maximum absolute atomic E-state index is 12.3. The van der Waals surface area contributed by atoms with Gasteiger partial charge in [0.2, 0.25) is 0 Å². The lowest BCUT2D eigenvalue weighted by molar-refractivity contribution is 0.0194. The summed E-state index contributed by atoms with van der Waals surface area (Å²) < 4.78 is 6.32. The van der Waals surface area contributed by atoms with Crippen molar-refractivity contribution in [2.45, 2.75) is 18.9 Å². The minimum Gasteiger partial charge on any atom is -0.381 e. The molecule has 0 atom stereocenters. The highest BCUT2D eigenvalue weighted by Crippen LogP contribution is 2.17. The molecule has 2 saturated heterocycles. The second kappa shape index (κ2) is 7.39. The Morgan fingerprint density at radius 1 is 1.27 bits per heavy atom. The maximum atomic E-state index is 12.3. The van der Waals surface area contributed by atoms with E-state index in [0.717, 1.165) is 56.7 Å². The molecule has 0 radical (unpaired) electrons. The van der Waals surface area contributed by atoms with Crippen molar-refractivity contribution in [3.63, 3.8) is 0 Å². The molecule has 2 aliphatic heterocycles. The second-order valence-corrected chi connectivity index (χ2v) is 6.57. The number of pyridine rings is 1. The van der Waals surface area contributed by atoms with Gasteiger partial charge in [-0.3, -0.25) is 10.2 Å². The summed E-state index contributed by atoms with van der Waals surface area (Å²) in [7, 11) is 0. The number of anilines is 1. The van der Waals surface area contributed by atoms with Crippen LogP contribution in [0.25, 0.3) is 0 Å². The van der Waals surface area contributed by atoms with Gasteiger partial charge in [0.15, 0.2) is 0 Å². The van der Waals surface area contributed by atoms with Crippen molar-refractivity contribution in [2.24, 2.45) is 0 Å². The minimum absolute atomic E-state index is 0.0720. The number of nitrogens with zero attached hydrogens (tertiary/aromatic N) is 3. The highest BCUT2D eigenvalue weighted by molar-refractivity contribution is 9.10. The van der Waals surface area contributed by atoms with Gasteiger partial charge in [-0.25, -0.2) is 9.78 Å². The van der Waals surface area contributed by atoms with Crippen LogP contribution in [0.3, 0.4) is 0 Å². The van der Waals surface area contributed by atoms with Crippen LogP contribution < -0.4 is 5.32 Å². The van der Waals surface area contributed by atoms with E-state index in [1.165, 1.54) is 0 Å². The molecule has 2 fully saturated rings. The van der Waals surface area contributed by atoms with Gasteiger partial charge >= 0.3 is 6.03 Å². The first-order valence-corrected chi connectivity index (χ1v) is 8.51. The van der Waals surface area contributed by atoms with E-state index in [0.29, 0.717) is 11.9 Å². The molecule has 0 aliphatic carbocycles. The molecule has 0 aromatic carbocycles. The van der Waals surface area contributed by atoms with Gasteiger partial charge in [-0.1, -0.05) is 15.9 Å². The summed E-state index contributed by atoms with van der Waals surface area (Å²) in [6.07, 6.45) is 3.88. The van der Waals surface area contributed by atoms with Gasteiger partial charge in [-0.05, 0) is 25.0 Å². The van der Waals surface area contributed by atoms with Crippen LogP contribution >= 0.6 is 15.9 Å². The molecule has 7 heteroatoms. The zero-order valence-corrected chi connectivity index (χ0v) is 14.1. The van der Waals surface area contributed by atoms with Gasteiger partial charge in [0, 0.05) is 56.1 Å². The van der Waals surface area contributed by atoms with Crippen LogP contribution in [0.4, 0.5) is 10.6 Å². The van der Waals surface area contributed by atoms with E-state index in [2.05, 4.69) is 31.1 Å². The van der Waals surface area contributed by atoms with Crippen molar-refractivity contribution >= 4 is 27.8 Å². The molecule has 0 saturated carbocycles. The number of aromatic nitrogens is 1. The van der Waals surface area contributed by atoms with Gasteiger partial charge in [0.1, 0.15) is 5.82 Å². The fourth-order valence-electron chi connectivity index (χ4n) is 3.00. The van der Waals surface area contributed by atoms with E-state index in [1.807, 2.05) is 11.0 Å². The van der Waals surface area contributed by atoms with Crippen LogP contribution in [0.1, 0.15) is 12.8 Å². The maximum Gasteiger partial charge on any atom is 0.323 e. The summed E-state index contributed by atoms with van der Waals surface area (Å²) in [5.74, 6) is 0.575. The van der Waals surface area contributed by atoms with Crippen LogP contribution in [-0.4, -0.2) is 66.2 Å². The Morgan fingerprint density at radius 3 is 2.68 bits per heavy atom. The molecule has 1 aromatic rings. The van der Waals surface area contributed by atoms with Crippen molar-refractivity contribution < 1.29 is 9.53 Å². The lowest BCUT2D eigenvalue weighted by Crippen LogP contribution is -2.53. The van der Waals surface area contributed by atoms with Gasteiger partial charge in [-0.15, -0.1) is 0 Å². The Kier molecular flexibility index (Phi) is 5.28. The van der Waals surface area contributed by atoms with Gasteiger partial charge < -0.3 is 9.64 Å². The number of rotatable bonds is 2. The molecule has 0 spiro atoms. The Hall–Kier alpha value is -1.18. The third-order valence-electron chi connectivity index (χ3n) is 4.27. The smallest absolute Gasteiger partial charge is 0.323 e. The summed E-state index contributed by atoms with van der Waals surface area (Å²) in [5, 5.41) is 2.85. The Morgan fingerprint density at radius 2 is 2.00 bits per heavy atom. The first-order valence-electron chi connectivity index (χ1n) is 7.71. The van der Waals surface area contributed by atoms with Gasteiger partial charge in [0.25, 0.3) is 0 Å². The number of urea groups is 1. The highest BCUT2D eigenvalue weighted by Gasteiger charge is 2.27. The molecule has 120 valence electrons. The normalized spacial score (nSPS) is 20.9. The first-order chi connectivity index (χ1) is 10.7. The number of halogens is 1. The van der Waals surface area contributed by atoms with Crippen LogP contribution in [-0.2, 0) is 4.74 Å². The van der Waals surface area contributed by atoms with Crippen molar-refractivity contribution in [1.29, 1.82) is 0 Å². The zero-order chi connectivity index (χ0) is 15.4. The number of carbonyl (C=O) groups excluding carboxylic acids is 1. The summed E-state index contributed by atoms with van der Waals surface area (Å²) in [5.41, 5.74) is 0. The average Bonchev–Trinajstić information content (AvgIpc) is 2.56. The molecule has 0 unspecified atom stereocenters. The first kappa shape index (κ1) is 15.7. The predicted octanol–water partition coefficient (Wildman–Crippen LogP) is 2.17. The van der Waals surface area contributed by atoms with E-state index < -0.39 is 0 Å². The molecule has 2 aliphatic rings. The number of ether oxygens (including phenoxy) is 1. The second-order valence-electron chi connectivity index (χ2n) is 5.66. The highest BCUT2D eigenvalue weighted by atomic mass is 79.9. The summed E-state index contributed by atoms with van der Waals surface area (Å²) in [6, 6.07) is 4.18. The van der Waals surface area contributed by atoms with Crippen LogP contribution in [0.15, 0.2) is 22.8 Å². The van der Waals surface area contributed by atoms with Gasteiger partial charge in [0.05, 0.1) is 0 Å². The summed E-state index contributed by atoms with van der Waals surface area (Å²) in [4.78, 5) is 20.8. The summed E-state index contributed by atoms with van der Waals surface area (Å²) in [6.45, 7) is 5.11. The molecule has 2 amide bonds. The topological polar surface area (TPSA) is 57.7 Å². The molecular formula is C15H21BrN4O2. The van der Waals surface area contributed by atoms with Crippen LogP contribution in [0.2, 0.25) is 0 Å². The number of hydrogen-bond acceptors (Lipinski definition) is 4. The third-order valence-corrected chi connectivity index (χ3v) is 4.76. The number of carbonyl (C=O) groups is 1. The number of nitrogens with one attached hydrogen (secondary N) is 1. The van der Waals surface area contributed by atoms with Crippen molar-refractivity contribution in [3.8, 4) is 0 Å². The Bertz CT molecular complexity index is 514. The SMILES string of the molecule is O=C(Nc1cc(Br)ccn1)N1CCN(C2CCOCC2)CC1. The molecule has 22 heavy (non-hydrogen) atoms. The Labute approximate surface area is 139 Å². The minimum atomic E-state index is -0.0720. The standard InChI is InChI=1S/C15H21BrN4O2/c16-12-1-4-17-14(11-12)18-15(21)20-7-5-19(6-8-20)13-2-9-22-10-3-13/h1,4,11,13H,2-3,5-10H2,(H,17,18,21). The van der Waals surface area contributed by atoms with Crippen molar-refractivity contribution in [3.05, 3.63) is 22.8 Å². The molecule has 3 rings (SSSR count). The lowest BCUT2D eigenvalue weighted by atomic mass is 10.1. The van der Waals surface area contributed by atoms with E-state index >= 15 is 0 Å². The van der Waals surface area contributed by atoms with Crippen molar-refractivity contribution in [1.82, 2.24) is 14.8 Å². The average molecular weight is 369 g/mol. The van der Waals surface area contributed by atoms with Crippen molar-refractivity contribution in [2.75, 3.05) is 44.7 Å². The molecule has 0 bridgehead atoms.